The predicted octanol–water partition coefficient (Wildman–Crippen LogP) is 4.20. The fourth-order valence-corrected chi connectivity index (χ4v) is 4.68. The highest BCUT2D eigenvalue weighted by Gasteiger charge is 2.26. The van der Waals surface area contributed by atoms with Gasteiger partial charge in [-0.25, -0.2) is 9.97 Å². The molecule has 2 aliphatic rings. The van der Waals surface area contributed by atoms with Crippen LogP contribution in [0.15, 0.2) is 48.9 Å². The van der Waals surface area contributed by atoms with E-state index in [0.29, 0.717) is 5.92 Å². The summed E-state index contributed by atoms with van der Waals surface area (Å²) in [5, 5.41) is 1.10. The molecule has 2 aliphatic heterocycles. The van der Waals surface area contributed by atoms with E-state index in [1.54, 1.807) is 6.33 Å². The largest absolute Gasteiger partial charge is 0.372 e. The van der Waals surface area contributed by atoms with Crippen molar-refractivity contribution in [1.82, 2.24) is 14.9 Å². The minimum Gasteiger partial charge on any atom is -0.372 e. The quantitative estimate of drug-likeness (QED) is 0.687. The van der Waals surface area contributed by atoms with Crippen LogP contribution < -0.4 is 4.90 Å². The van der Waals surface area contributed by atoms with Crippen LogP contribution in [-0.2, 0) is 6.54 Å². The fourth-order valence-electron chi connectivity index (χ4n) is 4.68. The number of fused-ring (bicyclic) bond motifs is 2. The second-order valence-electron chi connectivity index (χ2n) is 8.02. The number of hydrogen-bond acceptors (Lipinski definition) is 4. The molecule has 0 saturated carbocycles. The van der Waals surface area contributed by atoms with Crippen molar-refractivity contribution in [1.29, 1.82) is 0 Å². The summed E-state index contributed by atoms with van der Waals surface area (Å²) in [5.74, 6) is 0.397. The van der Waals surface area contributed by atoms with Gasteiger partial charge in [-0.05, 0) is 61.2 Å². The average Bonchev–Trinajstić information content (AvgIpc) is 2.73. The highest BCUT2D eigenvalue weighted by Crippen LogP contribution is 2.36. The van der Waals surface area contributed by atoms with Crippen LogP contribution in [0.2, 0.25) is 0 Å². The van der Waals surface area contributed by atoms with Gasteiger partial charge in [-0.2, -0.15) is 0 Å². The first kappa shape index (κ1) is 16.7. The Kier molecular flexibility index (Phi) is 4.29. The molecule has 0 spiro atoms. The van der Waals surface area contributed by atoms with Gasteiger partial charge in [0.2, 0.25) is 0 Å². The van der Waals surface area contributed by atoms with E-state index in [-0.39, 0.29) is 0 Å². The SMILES string of the molecule is CN1Cc2cc(N3CCCCC3)ccc2C(c2ccc3cncnc3c2)C1. The fraction of sp³-hybridized carbons (Fsp3) is 0.391. The van der Waals surface area contributed by atoms with Crippen molar-refractivity contribution in [2.45, 2.75) is 31.7 Å². The number of nitrogens with zero attached hydrogens (tertiary/aromatic N) is 4. The number of piperidine rings is 1. The lowest BCUT2D eigenvalue weighted by Gasteiger charge is -2.35. The molecule has 5 rings (SSSR count). The van der Waals surface area contributed by atoms with Gasteiger partial charge in [-0.3, -0.25) is 0 Å². The number of aromatic nitrogens is 2. The van der Waals surface area contributed by atoms with Gasteiger partial charge in [-0.15, -0.1) is 0 Å². The van der Waals surface area contributed by atoms with Crippen LogP contribution in [0.1, 0.15) is 41.9 Å². The topological polar surface area (TPSA) is 32.3 Å². The van der Waals surface area contributed by atoms with Crippen molar-refractivity contribution in [3.05, 3.63) is 65.6 Å². The molecule has 0 N–H and O–H groups in total. The van der Waals surface area contributed by atoms with E-state index >= 15 is 0 Å². The molecule has 0 aliphatic carbocycles. The molecule has 1 fully saturated rings. The Morgan fingerprint density at radius 3 is 2.78 bits per heavy atom. The Balaban J connectivity index is 1.53. The van der Waals surface area contributed by atoms with Crippen LogP contribution in [-0.4, -0.2) is 41.5 Å². The third kappa shape index (κ3) is 3.19. The molecular weight excluding hydrogens is 332 g/mol. The third-order valence-corrected chi connectivity index (χ3v) is 6.09. The number of hydrogen-bond donors (Lipinski definition) is 0. The third-order valence-electron chi connectivity index (χ3n) is 6.09. The van der Waals surface area contributed by atoms with Gasteiger partial charge < -0.3 is 9.80 Å². The monoisotopic (exact) mass is 358 g/mol. The minimum absolute atomic E-state index is 0.397. The van der Waals surface area contributed by atoms with Crippen molar-refractivity contribution in [3.63, 3.8) is 0 Å². The van der Waals surface area contributed by atoms with E-state index in [2.05, 4.69) is 63.2 Å². The van der Waals surface area contributed by atoms with Gasteiger partial charge in [0.05, 0.1) is 5.52 Å². The van der Waals surface area contributed by atoms with Crippen molar-refractivity contribution in [3.8, 4) is 0 Å². The standard InChI is InChI=1S/C23H26N4/c1-26-14-19-11-20(27-9-3-2-4-10-27)7-8-21(19)22(15-26)17-5-6-18-13-24-16-25-23(18)12-17/h5-8,11-13,16,22H,2-4,9-10,14-15H2,1H3. The first-order valence-electron chi connectivity index (χ1n) is 10.0. The second kappa shape index (κ2) is 6.93. The molecule has 1 aromatic heterocycles. The Morgan fingerprint density at radius 1 is 1.00 bits per heavy atom. The van der Waals surface area contributed by atoms with Crippen LogP contribution in [0.5, 0.6) is 0 Å². The first-order valence-corrected chi connectivity index (χ1v) is 10.0. The maximum absolute atomic E-state index is 4.46. The normalized spacial score (nSPS) is 20.6. The molecular formula is C23H26N4. The molecule has 3 aromatic rings. The number of likely N-dealkylation sites (N-methyl/N-ethyl adjacent to an activating group) is 1. The summed E-state index contributed by atoms with van der Waals surface area (Å²) < 4.78 is 0. The number of anilines is 1. The van der Waals surface area contributed by atoms with Crippen LogP contribution in [0.25, 0.3) is 10.9 Å². The highest BCUT2D eigenvalue weighted by atomic mass is 15.1. The summed E-state index contributed by atoms with van der Waals surface area (Å²) >= 11 is 0. The molecule has 0 bridgehead atoms. The molecule has 1 saturated heterocycles. The zero-order valence-electron chi connectivity index (χ0n) is 15.9. The molecule has 1 unspecified atom stereocenters. The smallest absolute Gasteiger partial charge is 0.116 e. The zero-order chi connectivity index (χ0) is 18.2. The molecule has 2 aromatic carbocycles. The molecule has 3 heterocycles. The summed E-state index contributed by atoms with van der Waals surface area (Å²) in [5.41, 5.74) is 6.72. The number of rotatable bonds is 2. The molecule has 4 heteroatoms. The lowest BCUT2D eigenvalue weighted by atomic mass is 9.84. The van der Waals surface area contributed by atoms with Gasteiger partial charge in [-0.1, -0.05) is 18.2 Å². The zero-order valence-corrected chi connectivity index (χ0v) is 15.9. The number of benzene rings is 2. The summed E-state index contributed by atoms with van der Waals surface area (Å²) in [6.45, 7) is 4.47. The highest BCUT2D eigenvalue weighted by molar-refractivity contribution is 5.78. The van der Waals surface area contributed by atoms with Gasteiger partial charge in [0.15, 0.2) is 0 Å². The molecule has 0 radical (unpaired) electrons. The summed E-state index contributed by atoms with van der Waals surface area (Å²) in [7, 11) is 2.23. The Hall–Kier alpha value is -2.46. The summed E-state index contributed by atoms with van der Waals surface area (Å²) in [6.07, 6.45) is 7.53. The van der Waals surface area contributed by atoms with Crippen molar-refractivity contribution < 1.29 is 0 Å². The van der Waals surface area contributed by atoms with Crippen LogP contribution in [0.3, 0.4) is 0 Å². The molecule has 1 atom stereocenters. The molecule has 4 nitrogen and oxygen atoms in total. The van der Waals surface area contributed by atoms with Crippen molar-refractivity contribution in [2.75, 3.05) is 31.6 Å². The van der Waals surface area contributed by atoms with Gasteiger partial charge in [0, 0.05) is 49.4 Å². The lowest BCUT2D eigenvalue weighted by Crippen LogP contribution is -2.32. The maximum Gasteiger partial charge on any atom is 0.116 e. The first-order chi connectivity index (χ1) is 13.3. The Bertz CT molecular complexity index is 962. The van der Waals surface area contributed by atoms with E-state index in [1.165, 1.54) is 54.7 Å². The van der Waals surface area contributed by atoms with Crippen molar-refractivity contribution in [2.24, 2.45) is 0 Å². The predicted molar refractivity (Wildman–Crippen MR) is 110 cm³/mol. The summed E-state index contributed by atoms with van der Waals surface area (Å²) in [4.78, 5) is 13.6. The molecule has 138 valence electrons. The maximum atomic E-state index is 4.46. The van der Waals surface area contributed by atoms with Crippen molar-refractivity contribution >= 4 is 16.6 Å². The van der Waals surface area contributed by atoms with E-state index in [4.69, 9.17) is 0 Å². The van der Waals surface area contributed by atoms with Gasteiger partial charge >= 0.3 is 0 Å². The molecule has 0 amide bonds. The molecule has 27 heavy (non-hydrogen) atoms. The van der Waals surface area contributed by atoms with Crippen LogP contribution in [0.4, 0.5) is 5.69 Å². The van der Waals surface area contributed by atoms with Crippen LogP contribution in [0, 0.1) is 0 Å². The average molecular weight is 358 g/mol. The van der Waals surface area contributed by atoms with Gasteiger partial charge in [0.25, 0.3) is 0 Å². The minimum atomic E-state index is 0.397. The second-order valence-corrected chi connectivity index (χ2v) is 8.02. The van der Waals surface area contributed by atoms with E-state index < -0.39 is 0 Å². The van der Waals surface area contributed by atoms with Gasteiger partial charge in [0.1, 0.15) is 6.33 Å². The van der Waals surface area contributed by atoms with Crippen LogP contribution >= 0.6 is 0 Å². The van der Waals surface area contributed by atoms with E-state index in [0.717, 1.165) is 24.0 Å². The van der Waals surface area contributed by atoms with E-state index in [1.807, 2.05) is 6.20 Å². The Morgan fingerprint density at radius 2 is 1.89 bits per heavy atom. The Labute approximate surface area is 160 Å². The van der Waals surface area contributed by atoms with E-state index in [9.17, 15) is 0 Å². The summed E-state index contributed by atoms with van der Waals surface area (Å²) in [6, 6.07) is 13.8. The lowest BCUT2D eigenvalue weighted by molar-refractivity contribution is 0.295.